The molecule has 0 saturated carbocycles. The lowest BCUT2D eigenvalue weighted by Crippen LogP contribution is -2.39. The van der Waals surface area contributed by atoms with Gasteiger partial charge in [0.25, 0.3) is 0 Å². The SMILES string of the molecule is O=C(O)C1CCN(C2CCCc3ccccc32)CC1. The van der Waals surface area contributed by atoms with E-state index in [9.17, 15) is 4.79 Å². The molecule has 1 aliphatic heterocycles. The summed E-state index contributed by atoms with van der Waals surface area (Å²) in [7, 11) is 0. The zero-order valence-corrected chi connectivity index (χ0v) is 11.2. The second kappa shape index (κ2) is 5.33. The Kier molecular flexibility index (Phi) is 3.56. The predicted octanol–water partition coefficient (Wildman–Crippen LogP) is 2.86. The van der Waals surface area contributed by atoms with Crippen LogP contribution in [0, 0.1) is 5.92 Å². The van der Waals surface area contributed by atoms with E-state index in [0.29, 0.717) is 6.04 Å². The summed E-state index contributed by atoms with van der Waals surface area (Å²) in [6.07, 6.45) is 5.26. The monoisotopic (exact) mass is 259 g/mol. The lowest BCUT2D eigenvalue weighted by atomic mass is 9.85. The van der Waals surface area contributed by atoms with Gasteiger partial charge in [0.1, 0.15) is 0 Å². The van der Waals surface area contributed by atoms with Gasteiger partial charge in [-0.3, -0.25) is 9.69 Å². The van der Waals surface area contributed by atoms with Crippen LogP contribution in [0.25, 0.3) is 0 Å². The number of hydrogen-bond acceptors (Lipinski definition) is 2. The van der Waals surface area contributed by atoms with E-state index in [1.54, 1.807) is 0 Å². The summed E-state index contributed by atoms with van der Waals surface area (Å²) in [5.41, 5.74) is 2.96. The van der Waals surface area contributed by atoms with Crippen molar-refractivity contribution < 1.29 is 9.90 Å². The van der Waals surface area contributed by atoms with Gasteiger partial charge in [0.2, 0.25) is 0 Å². The van der Waals surface area contributed by atoms with Crippen LogP contribution in [0.4, 0.5) is 0 Å². The summed E-state index contributed by atoms with van der Waals surface area (Å²) >= 11 is 0. The average molecular weight is 259 g/mol. The number of benzene rings is 1. The lowest BCUT2D eigenvalue weighted by Gasteiger charge is -2.39. The summed E-state index contributed by atoms with van der Waals surface area (Å²) in [6.45, 7) is 1.85. The number of fused-ring (bicyclic) bond motifs is 1. The van der Waals surface area contributed by atoms with Gasteiger partial charge < -0.3 is 5.11 Å². The quantitative estimate of drug-likeness (QED) is 0.888. The van der Waals surface area contributed by atoms with Crippen LogP contribution >= 0.6 is 0 Å². The van der Waals surface area contributed by atoms with Crippen LogP contribution < -0.4 is 0 Å². The Morgan fingerprint density at radius 2 is 1.89 bits per heavy atom. The topological polar surface area (TPSA) is 40.5 Å². The van der Waals surface area contributed by atoms with Gasteiger partial charge in [0, 0.05) is 6.04 Å². The maximum atomic E-state index is 11.0. The van der Waals surface area contributed by atoms with Crippen LogP contribution in [0.1, 0.15) is 42.9 Å². The molecule has 0 bridgehead atoms. The van der Waals surface area contributed by atoms with Crippen molar-refractivity contribution in [1.82, 2.24) is 4.90 Å². The minimum atomic E-state index is -0.622. The summed E-state index contributed by atoms with van der Waals surface area (Å²) in [5.74, 6) is -0.751. The fourth-order valence-corrected chi connectivity index (χ4v) is 3.57. The molecule has 1 aromatic carbocycles. The van der Waals surface area contributed by atoms with Gasteiger partial charge in [0.05, 0.1) is 5.92 Å². The highest BCUT2D eigenvalue weighted by Gasteiger charge is 2.31. The van der Waals surface area contributed by atoms with Crippen LogP contribution in [0.5, 0.6) is 0 Å². The molecule has 1 atom stereocenters. The van der Waals surface area contributed by atoms with Crippen LogP contribution in [0.3, 0.4) is 0 Å². The van der Waals surface area contributed by atoms with Crippen molar-refractivity contribution in [2.24, 2.45) is 5.92 Å². The van der Waals surface area contributed by atoms with Crippen molar-refractivity contribution in [2.75, 3.05) is 13.1 Å². The maximum Gasteiger partial charge on any atom is 0.306 e. The number of carboxylic acid groups (broad SMARTS) is 1. The summed E-state index contributed by atoms with van der Waals surface area (Å²) in [6, 6.07) is 9.26. The summed E-state index contributed by atoms with van der Waals surface area (Å²) < 4.78 is 0. The number of likely N-dealkylation sites (tertiary alicyclic amines) is 1. The number of rotatable bonds is 2. The average Bonchev–Trinajstić information content (AvgIpc) is 2.47. The molecule has 3 rings (SSSR count). The predicted molar refractivity (Wildman–Crippen MR) is 74.1 cm³/mol. The van der Waals surface area contributed by atoms with E-state index in [2.05, 4.69) is 29.2 Å². The number of carboxylic acids is 1. The van der Waals surface area contributed by atoms with E-state index in [1.165, 1.54) is 30.4 Å². The van der Waals surface area contributed by atoms with Crippen LogP contribution in [0.2, 0.25) is 0 Å². The highest BCUT2D eigenvalue weighted by molar-refractivity contribution is 5.70. The van der Waals surface area contributed by atoms with Crippen molar-refractivity contribution in [1.29, 1.82) is 0 Å². The van der Waals surface area contributed by atoms with Crippen molar-refractivity contribution in [3.63, 3.8) is 0 Å². The number of carbonyl (C=O) groups is 1. The molecule has 0 radical (unpaired) electrons. The van der Waals surface area contributed by atoms with Crippen LogP contribution in [-0.2, 0) is 11.2 Å². The molecule has 1 aromatic rings. The van der Waals surface area contributed by atoms with Crippen molar-refractivity contribution in [3.05, 3.63) is 35.4 Å². The van der Waals surface area contributed by atoms with Gasteiger partial charge in [0.15, 0.2) is 0 Å². The van der Waals surface area contributed by atoms with Gasteiger partial charge in [-0.15, -0.1) is 0 Å². The van der Waals surface area contributed by atoms with Crippen molar-refractivity contribution in [2.45, 2.75) is 38.1 Å². The molecule has 19 heavy (non-hydrogen) atoms. The number of piperidine rings is 1. The second-order valence-corrected chi connectivity index (χ2v) is 5.76. The molecular formula is C16H21NO2. The first-order chi connectivity index (χ1) is 9.25. The number of aryl methyl sites for hydroxylation is 1. The van der Waals surface area contributed by atoms with Gasteiger partial charge in [-0.1, -0.05) is 24.3 Å². The molecule has 1 aliphatic carbocycles. The molecule has 2 aliphatic rings. The molecule has 0 amide bonds. The number of nitrogens with zero attached hydrogens (tertiary/aromatic N) is 1. The molecule has 0 spiro atoms. The van der Waals surface area contributed by atoms with E-state index in [0.717, 1.165) is 25.9 Å². The van der Waals surface area contributed by atoms with Gasteiger partial charge in [-0.05, 0) is 56.3 Å². The van der Waals surface area contributed by atoms with E-state index in [-0.39, 0.29) is 5.92 Å². The zero-order chi connectivity index (χ0) is 13.2. The van der Waals surface area contributed by atoms with Crippen LogP contribution in [0.15, 0.2) is 24.3 Å². The highest BCUT2D eigenvalue weighted by atomic mass is 16.4. The Morgan fingerprint density at radius 1 is 1.16 bits per heavy atom. The Hall–Kier alpha value is -1.35. The molecule has 3 heteroatoms. The van der Waals surface area contributed by atoms with E-state index >= 15 is 0 Å². The minimum absolute atomic E-state index is 0.130. The van der Waals surface area contributed by atoms with Gasteiger partial charge in [-0.25, -0.2) is 0 Å². The van der Waals surface area contributed by atoms with E-state index in [4.69, 9.17) is 5.11 Å². The third kappa shape index (κ3) is 2.52. The number of aliphatic carboxylic acids is 1. The molecule has 1 heterocycles. The van der Waals surface area contributed by atoms with E-state index in [1.807, 2.05) is 0 Å². The molecular weight excluding hydrogens is 238 g/mol. The zero-order valence-electron chi connectivity index (χ0n) is 11.2. The molecule has 1 unspecified atom stereocenters. The summed E-state index contributed by atoms with van der Waals surface area (Å²) in [4.78, 5) is 13.5. The second-order valence-electron chi connectivity index (χ2n) is 5.76. The molecule has 1 saturated heterocycles. The van der Waals surface area contributed by atoms with E-state index < -0.39 is 5.97 Å². The Labute approximate surface area is 114 Å². The third-order valence-electron chi connectivity index (χ3n) is 4.66. The Balaban J connectivity index is 1.73. The first-order valence-corrected chi connectivity index (χ1v) is 7.30. The fourth-order valence-electron chi connectivity index (χ4n) is 3.57. The molecule has 102 valence electrons. The van der Waals surface area contributed by atoms with Crippen molar-refractivity contribution >= 4 is 5.97 Å². The normalized spacial score (nSPS) is 24.9. The first-order valence-electron chi connectivity index (χ1n) is 7.30. The minimum Gasteiger partial charge on any atom is -0.481 e. The lowest BCUT2D eigenvalue weighted by molar-refractivity contribution is -0.143. The van der Waals surface area contributed by atoms with Crippen molar-refractivity contribution in [3.8, 4) is 0 Å². The summed E-state index contributed by atoms with van der Waals surface area (Å²) in [5, 5.41) is 9.07. The molecule has 1 fully saturated rings. The first kappa shape index (κ1) is 12.7. The van der Waals surface area contributed by atoms with Crippen LogP contribution in [-0.4, -0.2) is 29.1 Å². The molecule has 0 aromatic heterocycles. The standard InChI is InChI=1S/C16H21NO2/c18-16(19)13-8-10-17(11-9-13)15-7-3-5-12-4-1-2-6-14(12)15/h1-2,4,6,13,15H,3,5,7-11H2,(H,18,19). The molecule has 1 N–H and O–H groups in total. The maximum absolute atomic E-state index is 11.0. The Morgan fingerprint density at radius 3 is 2.63 bits per heavy atom. The third-order valence-corrected chi connectivity index (χ3v) is 4.66. The molecule has 3 nitrogen and oxygen atoms in total. The van der Waals surface area contributed by atoms with Gasteiger partial charge >= 0.3 is 5.97 Å². The fraction of sp³-hybridized carbons (Fsp3) is 0.562. The largest absolute Gasteiger partial charge is 0.481 e. The smallest absolute Gasteiger partial charge is 0.306 e. The number of hydrogen-bond donors (Lipinski definition) is 1. The Bertz CT molecular complexity index is 464. The van der Waals surface area contributed by atoms with Gasteiger partial charge in [-0.2, -0.15) is 0 Å². The highest BCUT2D eigenvalue weighted by Crippen LogP contribution is 2.36.